The smallest absolute Gasteiger partial charge is 0.282 e. The molecule has 2 aromatic heterocycles. The van der Waals surface area contributed by atoms with E-state index in [1.807, 2.05) is 5.38 Å². The number of hydrogen-bond acceptors (Lipinski definition) is 8. The monoisotopic (exact) mass is 593 g/mol. The Balaban J connectivity index is 1.23. The Morgan fingerprint density at radius 2 is 2.00 bits per heavy atom. The van der Waals surface area contributed by atoms with Crippen LogP contribution in [-0.2, 0) is 9.63 Å². The molecule has 0 aliphatic carbocycles. The molecule has 2 atom stereocenters. The van der Waals surface area contributed by atoms with Gasteiger partial charge in [-0.3, -0.25) is 9.69 Å². The lowest BCUT2D eigenvalue weighted by atomic mass is 9.97. The van der Waals surface area contributed by atoms with Crippen LogP contribution in [0.15, 0.2) is 34.8 Å². The number of nitrogens with zero attached hydrogens (tertiary/aromatic N) is 5. The fourth-order valence-electron chi connectivity index (χ4n) is 4.99. The van der Waals surface area contributed by atoms with Crippen LogP contribution in [0.1, 0.15) is 78.0 Å². The van der Waals surface area contributed by atoms with E-state index in [1.54, 1.807) is 11.0 Å². The van der Waals surface area contributed by atoms with Crippen molar-refractivity contribution in [3.05, 3.63) is 63.1 Å². The summed E-state index contributed by atoms with van der Waals surface area (Å²) in [5.74, 6) is 2.16. The second-order valence-electron chi connectivity index (χ2n) is 9.45. The predicted octanol–water partition coefficient (Wildman–Crippen LogP) is 5.81. The van der Waals surface area contributed by atoms with Crippen molar-refractivity contribution in [3.63, 3.8) is 0 Å². The zero-order valence-corrected chi connectivity index (χ0v) is 22.2. The van der Waals surface area contributed by atoms with Crippen LogP contribution >= 0.6 is 11.3 Å². The van der Waals surface area contributed by atoms with Crippen LogP contribution in [0.25, 0.3) is 0 Å². The van der Waals surface area contributed by atoms with E-state index >= 15 is 0 Å². The summed E-state index contributed by atoms with van der Waals surface area (Å²) < 4.78 is 74.0. The number of hydrogen-bond donors (Lipinski definition) is 0. The minimum absolute atomic E-state index is 0.0230. The fraction of sp³-hybridized carbons (Fsp3) is 0.407. The maximum Gasteiger partial charge on any atom is 0.282 e. The van der Waals surface area contributed by atoms with E-state index in [-0.39, 0.29) is 30.3 Å². The highest BCUT2D eigenvalue weighted by atomic mass is 32.1. The first-order valence-electron chi connectivity index (χ1n) is 12.7. The molecule has 0 spiro atoms. The maximum atomic E-state index is 14.6. The summed E-state index contributed by atoms with van der Waals surface area (Å²) in [5.41, 5.74) is -0.158. The SMILES string of the molecule is C#CCOc1cccc(F)c1C1CC(c2csc(C3CCN(C(C=O)n4nc(C(F)F)cc4C(F)F)CC3)n2)=NO1. The number of rotatable bonds is 10. The van der Waals surface area contributed by atoms with Gasteiger partial charge in [-0.05, 0) is 31.0 Å². The number of alkyl halides is 4. The van der Waals surface area contributed by atoms with Crippen molar-refractivity contribution in [1.29, 1.82) is 0 Å². The van der Waals surface area contributed by atoms with Crippen molar-refractivity contribution < 1.29 is 36.3 Å². The maximum absolute atomic E-state index is 14.6. The van der Waals surface area contributed by atoms with Gasteiger partial charge in [-0.25, -0.2) is 31.6 Å². The fourth-order valence-corrected chi connectivity index (χ4v) is 5.99. The van der Waals surface area contributed by atoms with Crippen LogP contribution in [-0.4, -0.2) is 51.4 Å². The molecule has 0 N–H and O–H groups in total. The van der Waals surface area contributed by atoms with Gasteiger partial charge in [0.15, 0.2) is 18.6 Å². The van der Waals surface area contributed by atoms with Gasteiger partial charge in [-0.2, -0.15) is 5.10 Å². The Hall–Kier alpha value is -3.83. The second-order valence-corrected chi connectivity index (χ2v) is 10.3. The topological polar surface area (TPSA) is 81.8 Å². The summed E-state index contributed by atoms with van der Waals surface area (Å²) in [5, 5.41) is 10.4. The Labute approximate surface area is 235 Å². The first-order chi connectivity index (χ1) is 19.8. The molecule has 2 unspecified atom stereocenters. The van der Waals surface area contributed by atoms with Crippen molar-refractivity contribution in [2.24, 2.45) is 5.16 Å². The Bertz CT molecular complexity index is 1460. The first-order valence-corrected chi connectivity index (χ1v) is 13.6. The molecule has 0 saturated carbocycles. The molecular formula is C27H24F5N5O3S. The molecule has 1 aromatic carbocycles. The molecule has 4 heterocycles. The number of halogens is 5. The number of piperidine rings is 1. The normalized spacial score (nSPS) is 18.8. The summed E-state index contributed by atoms with van der Waals surface area (Å²) in [4.78, 5) is 23.8. The number of benzene rings is 1. The molecule has 2 aliphatic heterocycles. The van der Waals surface area contributed by atoms with E-state index in [2.05, 4.69) is 16.2 Å². The lowest BCUT2D eigenvalue weighted by Gasteiger charge is -2.35. The highest BCUT2D eigenvalue weighted by Gasteiger charge is 2.34. The van der Waals surface area contributed by atoms with Crippen molar-refractivity contribution >= 4 is 23.3 Å². The van der Waals surface area contributed by atoms with Crippen LogP contribution in [0, 0.1) is 18.2 Å². The van der Waals surface area contributed by atoms with Crippen molar-refractivity contribution in [2.75, 3.05) is 19.7 Å². The van der Waals surface area contributed by atoms with Gasteiger partial charge in [0.05, 0.1) is 16.3 Å². The third-order valence-electron chi connectivity index (χ3n) is 6.99. The largest absolute Gasteiger partial charge is 0.480 e. The number of likely N-dealkylation sites (tertiary alicyclic amines) is 1. The van der Waals surface area contributed by atoms with Crippen LogP contribution in [0.2, 0.25) is 0 Å². The van der Waals surface area contributed by atoms with Gasteiger partial charge in [-0.1, -0.05) is 17.1 Å². The van der Waals surface area contributed by atoms with Gasteiger partial charge in [0.2, 0.25) is 0 Å². The third-order valence-corrected chi connectivity index (χ3v) is 8.00. The van der Waals surface area contributed by atoms with Gasteiger partial charge >= 0.3 is 0 Å². The molecule has 0 bridgehead atoms. The lowest BCUT2D eigenvalue weighted by Crippen LogP contribution is -2.40. The zero-order chi connectivity index (χ0) is 29.1. The minimum Gasteiger partial charge on any atom is -0.480 e. The van der Waals surface area contributed by atoms with Crippen LogP contribution in [0.4, 0.5) is 22.0 Å². The summed E-state index contributed by atoms with van der Waals surface area (Å²) in [7, 11) is 0. The Morgan fingerprint density at radius 3 is 2.68 bits per heavy atom. The molecular weight excluding hydrogens is 569 g/mol. The van der Waals surface area contributed by atoms with E-state index in [4.69, 9.17) is 21.0 Å². The Morgan fingerprint density at radius 1 is 1.22 bits per heavy atom. The highest BCUT2D eigenvalue weighted by molar-refractivity contribution is 7.10. The number of oxime groups is 1. The number of carbonyl (C=O) groups is 1. The highest BCUT2D eigenvalue weighted by Crippen LogP contribution is 2.38. The second kappa shape index (κ2) is 12.4. The summed E-state index contributed by atoms with van der Waals surface area (Å²) >= 11 is 1.43. The number of aromatic nitrogens is 3. The number of ether oxygens (including phenoxy) is 1. The molecule has 14 heteroatoms. The lowest BCUT2D eigenvalue weighted by molar-refractivity contribution is -0.116. The van der Waals surface area contributed by atoms with Gasteiger partial charge in [-0.15, -0.1) is 17.8 Å². The van der Waals surface area contributed by atoms with Crippen LogP contribution in [0.5, 0.6) is 5.75 Å². The van der Waals surface area contributed by atoms with E-state index in [1.165, 1.54) is 23.5 Å². The van der Waals surface area contributed by atoms with Crippen molar-refractivity contribution in [1.82, 2.24) is 19.7 Å². The van der Waals surface area contributed by atoms with Crippen LogP contribution < -0.4 is 4.74 Å². The molecule has 41 heavy (non-hydrogen) atoms. The van der Waals surface area contributed by atoms with E-state index < -0.39 is 42.3 Å². The first kappa shape index (κ1) is 28.7. The number of aldehydes is 1. The summed E-state index contributed by atoms with van der Waals surface area (Å²) in [6.07, 6.45) is -0.959. The molecule has 1 saturated heterocycles. The molecule has 1 fully saturated rings. The minimum atomic E-state index is -3.06. The molecule has 3 aromatic rings. The molecule has 0 radical (unpaired) electrons. The summed E-state index contributed by atoms with van der Waals surface area (Å²) in [6.45, 7) is 0.662. The van der Waals surface area contributed by atoms with E-state index in [9.17, 15) is 26.7 Å². The standard InChI is InChI=1S/C27H24F5N5O3S/c1-2-10-39-21-5-3-4-16(28)24(21)22-12-17(35-40-22)19-14-41-27(33-19)15-6-8-36(9-7-15)23(13-38)37-20(26(31)32)11-18(34-37)25(29)30/h1,3-5,11,13-15,22-23,25-26H,6-10,12H2. The van der Waals surface area contributed by atoms with Crippen molar-refractivity contribution in [3.8, 4) is 18.1 Å². The summed E-state index contributed by atoms with van der Waals surface area (Å²) in [6, 6.07) is 5.06. The zero-order valence-electron chi connectivity index (χ0n) is 21.4. The molecule has 5 rings (SSSR count). The van der Waals surface area contributed by atoms with Gasteiger partial charge in [0, 0.05) is 30.8 Å². The third kappa shape index (κ3) is 5.96. The van der Waals surface area contributed by atoms with Gasteiger partial charge in [0.1, 0.15) is 35.3 Å². The van der Waals surface area contributed by atoms with Crippen molar-refractivity contribution in [2.45, 2.75) is 50.3 Å². The number of terminal acetylenes is 1. The number of carbonyl (C=O) groups excluding carboxylic acids is 1. The average Bonchev–Trinajstić information content (AvgIpc) is 3.73. The van der Waals surface area contributed by atoms with Gasteiger partial charge in [0.25, 0.3) is 12.9 Å². The average molecular weight is 594 g/mol. The molecule has 0 amide bonds. The Kier molecular flexibility index (Phi) is 8.65. The van der Waals surface area contributed by atoms with Crippen LogP contribution in [0.3, 0.4) is 0 Å². The molecule has 2 aliphatic rings. The van der Waals surface area contributed by atoms with E-state index in [0.29, 0.717) is 54.4 Å². The van der Waals surface area contributed by atoms with E-state index in [0.717, 1.165) is 5.01 Å². The predicted molar refractivity (Wildman–Crippen MR) is 139 cm³/mol. The van der Waals surface area contributed by atoms with Gasteiger partial charge < -0.3 is 9.57 Å². The quantitative estimate of drug-likeness (QED) is 0.168. The molecule has 216 valence electrons. The molecule has 8 nitrogen and oxygen atoms in total. The number of thiazole rings is 1.